The summed E-state index contributed by atoms with van der Waals surface area (Å²) in [5.74, 6) is -0.0466. The Morgan fingerprint density at radius 3 is 2.74 bits per heavy atom. The largest absolute Gasteiger partial charge is 0.497 e. The van der Waals surface area contributed by atoms with Gasteiger partial charge in [0.25, 0.3) is 5.91 Å². The van der Waals surface area contributed by atoms with Crippen LogP contribution < -0.4 is 14.9 Å². The first kappa shape index (κ1) is 25.5. The number of thiophene rings is 1. The van der Waals surface area contributed by atoms with E-state index in [0.29, 0.717) is 15.4 Å². The number of aromatic nitrogens is 1. The normalized spacial score (nSPS) is 13.5. The van der Waals surface area contributed by atoms with Crippen molar-refractivity contribution in [2.75, 3.05) is 30.5 Å². The Labute approximate surface area is 215 Å². The lowest BCUT2D eigenvalue weighted by Crippen LogP contribution is -2.18. The number of nitrogens with zero attached hydrogens (tertiary/aromatic N) is 2. The molecule has 0 radical (unpaired) electrons. The van der Waals surface area contributed by atoms with Gasteiger partial charge in [0.05, 0.1) is 41.0 Å². The molecule has 0 atom stereocenters. The van der Waals surface area contributed by atoms with Gasteiger partial charge in [0.15, 0.2) is 4.80 Å². The third kappa shape index (κ3) is 5.79. The van der Waals surface area contributed by atoms with Crippen LogP contribution in [-0.2, 0) is 34.2 Å². The van der Waals surface area contributed by atoms with Gasteiger partial charge >= 0.3 is 5.97 Å². The van der Waals surface area contributed by atoms with Crippen LogP contribution in [-0.4, -0.2) is 47.6 Å². The van der Waals surface area contributed by atoms with Crippen LogP contribution in [0.3, 0.4) is 0 Å². The summed E-state index contributed by atoms with van der Waals surface area (Å²) in [7, 11) is 3.47. The average Bonchev–Trinajstić information content (AvgIpc) is 3.35. The van der Waals surface area contributed by atoms with E-state index in [1.54, 1.807) is 14.0 Å². The number of benzene rings is 1. The molecule has 8 nitrogen and oxygen atoms in total. The zero-order chi connectivity index (χ0) is 24.9. The first-order valence-corrected chi connectivity index (χ1v) is 14.1. The lowest BCUT2D eigenvalue weighted by Gasteiger charge is -2.12. The highest BCUT2D eigenvalue weighted by Crippen LogP contribution is 2.38. The van der Waals surface area contributed by atoms with Crippen LogP contribution in [0.25, 0.3) is 10.2 Å². The number of carbonyl (C=O) groups is 3. The number of amides is 2. The summed E-state index contributed by atoms with van der Waals surface area (Å²) in [4.78, 5) is 43.5. The van der Waals surface area contributed by atoms with E-state index in [-0.39, 0.29) is 29.9 Å². The highest BCUT2D eigenvalue weighted by atomic mass is 32.2. The van der Waals surface area contributed by atoms with Crippen LogP contribution in [0.2, 0.25) is 0 Å². The summed E-state index contributed by atoms with van der Waals surface area (Å²) in [6.45, 7) is 2.05. The van der Waals surface area contributed by atoms with E-state index >= 15 is 0 Å². The SMILES string of the molecule is CCOC(=O)c1c(NC(=O)CSCC(=O)N=c2sc3cc(OC)ccc3n2C)sc2c1CCCC2. The lowest BCUT2D eigenvalue weighted by atomic mass is 9.95. The first-order valence-electron chi connectivity index (χ1n) is 11.3. The van der Waals surface area contributed by atoms with Gasteiger partial charge in [-0.05, 0) is 56.4 Å². The third-order valence-corrected chi connectivity index (χ3v) is 8.82. The molecule has 0 saturated carbocycles. The van der Waals surface area contributed by atoms with Gasteiger partial charge in [-0.15, -0.1) is 23.1 Å². The van der Waals surface area contributed by atoms with E-state index in [9.17, 15) is 14.4 Å². The molecule has 0 saturated heterocycles. The van der Waals surface area contributed by atoms with Crippen molar-refractivity contribution in [3.63, 3.8) is 0 Å². The maximum absolute atomic E-state index is 12.6. The number of ether oxygens (including phenoxy) is 2. The number of aryl methyl sites for hydroxylation is 2. The number of fused-ring (bicyclic) bond motifs is 2. The van der Waals surface area contributed by atoms with E-state index in [0.717, 1.165) is 52.1 Å². The minimum absolute atomic E-state index is 0.0800. The number of rotatable bonds is 8. The summed E-state index contributed by atoms with van der Waals surface area (Å²) in [5.41, 5.74) is 2.46. The maximum Gasteiger partial charge on any atom is 0.341 e. The van der Waals surface area contributed by atoms with Crippen molar-refractivity contribution in [3.05, 3.63) is 39.0 Å². The molecular weight excluding hydrogens is 506 g/mol. The zero-order valence-corrected chi connectivity index (χ0v) is 22.3. The van der Waals surface area contributed by atoms with E-state index < -0.39 is 5.97 Å². The second-order valence-electron chi connectivity index (χ2n) is 7.96. The Kier molecular flexibility index (Phi) is 8.30. The number of hydrogen-bond acceptors (Lipinski definition) is 8. The van der Waals surface area contributed by atoms with Crippen molar-refractivity contribution in [3.8, 4) is 5.75 Å². The van der Waals surface area contributed by atoms with Crippen molar-refractivity contribution in [1.29, 1.82) is 0 Å². The maximum atomic E-state index is 12.6. The number of esters is 1. The molecule has 0 unspecified atom stereocenters. The molecule has 1 aliphatic carbocycles. The van der Waals surface area contributed by atoms with Crippen LogP contribution >= 0.6 is 34.4 Å². The second-order valence-corrected chi connectivity index (χ2v) is 11.1. The summed E-state index contributed by atoms with van der Waals surface area (Å²) in [6.07, 6.45) is 3.84. The van der Waals surface area contributed by atoms with Gasteiger partial charge in [0.2, 0.25) is 5.91 Å². The predicted octanol–water partition coefficient (Wildman–Crippen LogP) is 4.16. The third-order valence-electron chi connectivity index (χ3n) is 5.60. The van der Waals surface area contributed by atoms with Gasteiger partial charge in [0.1, 0.15) is 10.8 Å². The molecule has 0 fully saturated rings. The lowest BCUT2D eigenvalue weighted by molar-refractivity contribution is -0.115. The van der Waals surface area contributed by atoms with Crippen molar-refractivity contribution in [2.24, 2.45) is 12.0 Å². The Bertz CT molecular complexity index is 1340. The summed E-state index contributed by atoms with van der Waals surface area (Å²) in [5, 5.41) is 3.42. The van der Waals surface area contributed by atoms with Crippen molar-refractivity contribution >= 4 is 67.4 Å². The Balaban J connectivity index is 1.38. The molecule has 1 aromatic carbocycles. The van der Waals surface area contributed by atoms with Crippen LogP contribution in [0.1, 0.15) is 40.6 Å². The molecule has 1 aliphatic rings. The molecule has 35 heavy (non-hydrogen) atoms. The van der Waals surface area contributed by atoms with Gasteiger partial charge in [-0.25, -0.2) is 4.79 Å². The topological polar surface area (TPSA) is 99.0 Å². The number of thioether (sulfide) groups is 1. The fraction of sp³-hybridized carbons (Fsp3) is 0.417. The monoisotopic (exact) mass is 533 g/mol. The minimum atomic E-state index is -0.391. The number of hydrogen-bond donors (Lipinski definition) is 1. The van der Waals surface area contributed by atoms with Crippen LogP contribution in [0, 0.1) is 0 Å². The van der Waals surface area contributed by atoms with Crippen molar-refractivity contribution < 1.29 is 23.9 Å². The molecule has 3 aromatic rings. The molecule has 0 spiro atoms. The van der Waals surface area contributed by atoms with Crippen LogP contribution in [0.5, 0.6) is 5.75 Å². The Morgan fingerprint density at radius 1 is 1.17 bits per heavy atom. The number of methoxy groups -OCH3 is 1. The van der Waals surface area contributed by atoms with Crippen LogP contribution in [0.15, 0.2) is 23.2 Å². The summed E-state index contributed by atoms with van der Waals surface area (Å²) < 4.78 is 13.3. The van der Waals surface area contributed by atoms with Gasteiger partial charge in [-0.1, -0.05) is 11.3 Å². The van der Waals surface area contributed by atoms with Gasteiger partial charge < -0.3 is 19.4 Å². The highest BCUT2D eigenvalue weighted by Gasteiger charge is 2.27. The Morgan fingerprint density at radius 2 is 1.97 bits per heavy atom. The predicted molar refractivity (Wildman–Crippen MR) is 141 cm³/mol. The molecule has 11 heteroatoms. The second kappa shape index (κ2) is 11.4. The highest BCUT2D eigenvalue weighted by molar-refractivity contribution is 8.00. The standard InChI is InChI=1S/C24H27N3O5S3/c1-4-32-23(30)21-15-7-5-6-8-17(15)34-22(21)25-19(28)12-33-13-20(29)26-24-27(2)16-10-9-14(31-3)11-18(16)35-24/h9-11H,4-8,12-13H2,1-3H3,(H,25,28). The molecule has 4 rings (SSSR count). The minimum Gasteiger partial charge on any atom is -0.497 e. The van der Waals surface area contributed by atoms with E-state index in [1.807, 2.05) is 29.8 Å². The molecule has 2 heterocycles. The first-order chi connectivity index (χ1) is 16.9. The quantitative estimate of drug-likeness (QED) is 0.437. The zero-order valence-electron chi connectivity index (χ0n) is 19.8. The van der Waals surface area contributed by atoms with Gasteiger partial charge in [-0.3, -0.25) is 9.59 Å². The van der Waals surface area contributed by atoms with Gasteiger partial charge in [0, 0.05) is 11.9 Å². The van der Waals surface area contributed by atoms with E-state index in [4.69, 9.17) is 9.47 Å². The number of thiazole rings is 1. The fourth-order valence-corrected chi connectivity index (χ4v) is 6.91. The average molecular weight is 534 g/mol. The molecule has 1 N–H and O–H groups in total. The smallest absolute Gasteiger partial charge is 0.341 e. The molecule has 2 aromatic heterocycles. The number of carbonyl (C=O) groups excluding carboxylic acids is 3. The number of nitrogens with one attached hydrogen (secondary N) is 1. The van der Waals surface area contributed by atoms with E-state index in [1.165, 1.54) is 34.4 Å². The van der Waals surface area contributed by atoms with Gasteiger partial charge in [-0.2, -0.15) is 4.99 Å². The molecule has 186 valence electrons. The molecule has 2 amide bonds. The molecule has 0 bridgehead atoms. The van der Waals surface area contributed by atoms with Crippen molar-refractivity contribution in [2.45, 2.75) is 32.6 Å². The van der Waals surface area contributed by atoms with Crippen LogP contribution in [0.4, 0.5) is 5.00 Å². The van der Waals surface area contributed by atoms with E-state index in [2.05, 4.69) is 10.3 Å². The fourth-order valence-electron chi connectivity index (χ4n) is 3.95. The summed E-state index contributed by atoms with van der Waals surface area (Å²) >= 11 is 4.06. The Hall–Kier alpha value is -2.63. The van der Waals surface area contributed by atoms with Crippen molar-refractivity contribution in [1.82, 2.24) is 4.57 Å². The summed E-state index contributed by atoms with van der Waals surface area (Å²) in [6, 6.07) is 5.71. The number of anilines is 1. The molecule has 0 aliphatic heterocycles. The molecular formula is C24H27N3O5S3.